The van der Waals surface area contributed by atoms with E-state index in [1.165, 1.54) is 19.2 Å². The highest BCUT2D eigenvalue weighted by Gasteiger charge is 2.31. The van der Waals surface area contributed by atoms with Crippen LogP contribution in [0.25, 0.3) is 0 Å². The molecule has 6 heteroatoms. The predicted octanol–water partition coefficient (Wildman–Crippen LogP) is 1.25. The molecule has 2 rings (SSSR count). The number of ether oxygens (including phenoxy) is 2. The Morgan fingerprint density at radius 3 is 2.94 bits per heavy atom. The SMILES string of the molecule is COC(=O)[C@@H]1C[C@@H](Oc2cccc(F)c2F)CN1. The molecule has 0 spiro atoms. The van der Waals surface area contributed by atoms with Gasteiger partial charge in [-0.25, -0.2) is 4.39 Å². The van der Waals surface area contributed by atoms with Gasteiger partial charge in [0.25, 0.3) is 0 Å². The van der Waals surface area contributed by atoms with E-state index in [9.17, 15) is 13.6 Å². The maximum Gasteiger partial charge on any atom is 0.323 e. The largest absolute Gasteiger partial charge is 0.486 e. The van der Waals surface area contributed by atoms with Crippen LogP contribution in [0.4, 0.5) is 8.78 Å². The van der Waals surface area contributed by atoms with Gasteiger partial charge in [0.1, 0.15) is 12.1 Å². The van der Waals surface area contributed by atoms with Gasteiger partial charge in [0.2, 0.25) is 5.82 Å². The second-order valence-corrected chi connectivity index (χ2v) is 4.01. The fourth-order valence-electron chi connectivity index (χ4n) is 1.87. The molecule has 1 fully saturated rings. The predicted molar refractivity (Wildman–Crippen MR) is 59.2 cm³/mol. The van der Waals surface area contributed by atoms with Crippen molar-refractivity contribution in [1.82, 2.24) is 5.32 Å². The van der Waals surface area contributed by atoms with E-state index in [4.69, 9.17) is 4.74 Å². The summed E-state index contributed by atoms with van der Waals surface area (Å²) in [6, 6.07) is 3.28. The molecule has 4 nitrogen and oxygen atoms in total. The van der Waals surface area contributed by atoms with Crippen molar-refractivity contribution in [2.24, 2.45) is 0 Å². The summed E-state index contributed by atoms with van der Waals surface area (Å²) in [5.74, 6) is -2.50. The smallest absolute Gasteiger partial charge is 0.323 e. The lowest BCUT2D eigenvalue weighted by Crippen LogP contribution is -2.31. The number of benzene rings is 1. The number of rotatable bonds is 3. The summed E-state index contributed by atoms with van der Waals surface area (Å²) in [6.45, 7) is 0.385. The first-order valence-electron chi connectivity index (χ1n) is 5.53. The summed E-state index contributed by atoms with van der Waals surface area (Å²) in [6.07, 6.45) is -0.0202. The molecule has 1 saturated heterocycles. The molecule has 1 N–H and O–H groups in total. The first-order chi connectivity index (χ1) is 8.61. The molecular weight excluding hydrogens is 244 g/mol. The highest BCUT2D eigenvalue weighted by molar-refractivity contribution is 5.76. The number of halogens is 2. The van der Waals surface area contributed by atoms with Crippen molar-refractivity contribution in [3.05, 3.63) is 29.8 Å². The lowest BCUT2D eigenvalue weighted by molar-refractivity contribution is -0.142. The van der Waals surface area contributed by atoms with E-state index >= 15 is 0 Å². The molecule has 18 heavy (non-hydrogen) atoms. The summed E-state index contributed by atoms with van der Waals surface area (Å²) < 4.78 is 36.2. The van der Waals surface area contributed by atoms with Gasteiger partial charge in [-0.05, 0) is 12.1 Å². The lowest BCUT2D eigenvalue weighted by atomic mass is 10.2. The molecule has 0 radical (unpaired) electrons. The standard InChI is InChI=1S/C12H13F2NO3/c1-17-12(16)9-5-7(6-15-9)18-10-4-2-3-8(13)11(10)14/h2-4,7,9,15H,5-6H2,1H3/t7-,9+/m1/s1. The monoisotopic (exact) mass is 257 g/mol. The van der Waals surface area contributed by atoms with Crippen LogP contribution in [0.3, 0.4) is 0 Å². The van der Waals surface area contributed by atoms with Crippen LogP contribution < -0.4 is 10.1 Å². The summed E-state index contributed by atoms with van der Waals surface area (Å²) in [5, 5.41) is 2.90. The van der Waals surface area contributed by atoms with Gasteiger partial charge in [0, 0.05) is 13.0 Å². The van der Waals surface area contributed by atoms with Crippen molar-refractivity contribution in [2.45, 2.75) is 18.6 Å². The summed E-state index contributed by atoms with van der Waals surface area (Å²) >= 11 is 0. The third-order valence-corrected chi connectivity index (χ3v) is 2.79. The molecular formula is C12H13F2NO3. The van der Waals surface area contributed by atoms with E-state index in [-0.39, 0.29) is 17.8 Å². The van der Waals surface area contributed by atoms with E-state index in [2.05, 4.69) is 10.1 Å². The first kappa shape index (κ1) is 12.8. The van der Waals surface area contributed by atoms with Crippen LogP contribution >= 0.6 is 0 Å². The zero-order chi connectivity index (χ0) is 13.1. The van der Waals surface area contributed by atoms with Gasteiger partial charge in [-0.2, -0.15) is 4.39 Å². The minimum Gasteiger partial charge on any atom is -0.486 e. The molecule has 0 amide bonds. The van der Waals surface area contributed by atoms with Crippen molar-refractivity contribution in [1.29, 1.82) is 0 Å². The van der Waals surface area contributed by atoms with E-state index in [1.807, 2.05) is 0 Å². The number of nitrogens with one attached hydrogen (secondary N) is 1. The van der Waals surface area contributed by atoms with E-state index in [1.54, 1.807) is 0 Å². The van der Waals surface area contributed by atoms with Gasteiger partial charge < -0.3 is 14.8 Å². The molecule has 1 aliphatic heterocycles. The minimum absolute atomic E-state index is 0.146. The molecule has 0 unspecified atom stereocenters. The van der Waals surface area contributed by atoms with Gasteiger partial charge in [-0.15, -0.1) is 0 Å². The van der Waals surface area contributed by atoms with Crippen LogP contribution in [0.15, 0.2) is 18.2 Å². The molecule has 1 aromatic rings. The zero-order valence-corrected chi connectivity index (χ0v) is 9.78. The Morgan fingerprint density at radius 2 is 2.22 bits per heavy atom. The van der Waals surface area contributed by atoms with Crippen LogP contribution in [-0.4, -0.2) is 31.8 Å². The number of carbonyl (C=O) groups is 1. The average molecular weight is 257 g/mol. The third kappa shape index (κ3) is 2.59. The summed E-state index contributed by atoms with van der Waals surface area (Å²) in [4.78, 5) is 11.3. The lowest BCUT2D eigenvalue weighted by Gasteiger charge is -2.13. The summed E-state index contributed by atoms with van der Waals surface area (Å²) in [7, 11) is 1.30. The van der Waals surface area contributed by atoms with Crippen molar-refractivity contribution in [3.63, 3.8) is 0 Å². The van der Waals surface area contributed by atoms with Crippen LogP contribution in [-0.2, 0) is 9.53 Å². The van der Waals surface area contributed by atoms with Crippen molar-refractivity contribution < 1.29 is 23.0 Å². The third-order valence-electron chi connectivity index (χ3n) is 2.79. The highest BCUT2D eigenvalue weighted by Crippen LogP contribution is 2.23. The number of methoxy groups -OCH3 is 1. The Balaban J connectivity index is 1.99. The maximum absolute atomic E-state index is 13.4. The number of hydrogen-bond donors (Lipinski definition) is 1. The quantitative estimate of drug-likeness (QED) is 0.828. The highest BCUT2D eigenvalue weighted by atomic mass is 19.2. The van der Waals surface area contributed by atoms with Crippen molar-refractivity contribution >= 4 is 5.97 Å². The first-order valence-corrected chi connectivity index (χ1v) is 5.53. The Kier molecular flexibility index (Phi) is 3.76. The average Bonchev–Trinajstić information content (AvgIpc) is 2.82. The molecule has 1 heterocycles. The van der Waals surface area contributed by atoms with E-state index in [0.29, 0.717) is 13.0 Å². The Hall–Kier alpha value is -1.69. The van der Waals surface area contributed by atoms with E-state index < -0.39 is 17.7 Å². The van der Waals surface area contributed by atoms with Gasteiger partial charge in [-0.3, -0.25) is 4.79 Å². The second-order valence-electron chi connectivity index (χ2n) is 4.01. The van der Waals surface area contributed by atoms with Gasteiger partial charge in [0.15, 0.2) is 11.6 Å². The number of hydrogen-bond acceptors (Lipinski definition) is 4. The molecule has 0 aliphatic carbocycles. The van der Waals surface area contributed by atoms with Crippen LogP contribution in [0.2, 0.25) is 0 Å². The maximum atomic E-state index is 13.4. The fourth-order valence-corrected chi connectivity index (χ4v) is 1.87. The Morgan fingerprint density at radius 1 is 1.44 bits per heavy atom. The Bertz CT molecular complexity index is 453. The second kappa shape index (κ2) is 5.30. The minimum atomic E-state index is -1.01. The van der Waals surface area contributed by atoms with Crippen LogP contribution in [0.1, 0.15) is 6.42 Å². The van der Waals surface area contributed by atoms with Crippen LogP contribution in [0, 0.1) is 11.6 Å². The van der Waals surface area contributed by atoms with Crippen molar-refractivity contribution in [2.75, 3.05) is 13.7 Å². The van der Waals surface area contributed by atoms with Gasteiger partial charge in [0.05, 0.1) is 7.11 Å². The Labute approximate surface area is 103 Å². The molecule has 0 aromatic heterocycles. The topological polar surface area (TPSA) is 47.6 Å². The van der Waals surface area contributed by atoms with Gasteiger partial charge >= 0.3 is 5.97 Å². The molecule has 0 saturated carbocycles. The molecule has 1 aromatic carbocycles. The van der Waals surface area contributed by atoms with Gasteiger partial charge in [-0.1, -0.05) is 6.07 Å². The van der Waals surface area contributed by atoms with Crippen LogP contribution in [0.5, 0.6) is 5.75 Å². The van der Waals surface area contributed by atoms with E-state index in [0.717, 1.165) is 6.07 Å². The number of esters is 1. The molecule has 2 atom stereocenters. The zero-order valence-electron chi connectivity index (χ0n) is 9.78. The summed E-state index contributed by atoms with van der Waals surface area (Å²) in [5.41, 5.74) is 0. The number of carbonyl (C=O) groups excluding carboxylic acids is 1. The fraction of sp³-hybridized carbons (Fsp3) is 0.417. The normalized spacial score (nSPS) is 22.8. The molecule has 1 aliphatic rings. The van der Waals surface area contributed by atoms with Crippen molar-refractivity contribution in [3.8, 4) is 5.75 Å². The molecule has 0 bridgehead atoms. The molecule has 98 valence electrons.